The van der Waals surface area contributed by atoms with E-state index in [0.29, 0.717) is 10.6 Å². The Bertz CT molecular complexity index is 1000. The normalized spacial score (nSPS) is 16.9. The van der Waals surface area contributed by atoms with Gasteiger partial charge in [-0.15, -0.1) is 11.3 Å². The number of thiophene rings is 1. The first-order valence-electron chi connectivity index (χ1n) is 8.30. The highest BCUT2D eigenvalue weighted by molar-refractivity contribution is 7.99. The summed E-state index contributed by atoms with van der Waals surface area (Å²) in [5.74, 6) is 1.56. The maximum Gasteiger partial charge on any atom is 0.268 e. The van der Waals surface area contributed by atoms with Crippen molar-refractivity contribution in [1.29, 1.82) is 0 Å². The second kappa shape index (κ2) is 5.56. The standard InChI is InChI=1S/C18H21N3OS2/c1-9(2)5-12-11-7-23-18(3,4)6-10(11)13-14-15(24-17(13)21-12)16(22)20-8-19-14/h8-9H,5-7H2,1-4H3,(H,19,20,22). The molecule has 1 aliphatic heterocycles. The molecule has 0 saturated heterocycles. The molecule has 0 atom stereocenters. The summed E-state index contributed by atoms with van der Waals surface area (Å²) in [7, 11) is 0. The van der Waals surface area contributed by atoms with Gasteiger partial charge in [0.1, 0.15) is 9.53 Å². The number of rotatable bonds is 2. The number of aromatic nitrogens is 3. The summed E-state index contributed by atoms with van der Waals surface area (Å²) >= 11 is 3.48. The first-order chi connectivity index (χ1) is 11.4. The van der Waals surface area contributed by atoms with Crippen LogP contribution in [0.2, 0.25) is 0 Å². The third kappa shape index (κ3) is 2.56. The Morgan fingerprint density at radius 3 is 2.88 bits per heavy atom. The maximum absolute atomic E-state index is 12.2. The Hall–Kier alpha value is -1.40. The molecule has 6 heteroatoms. The molecule has 126 valence electrons. The van der Waals surface area contributed by atoms with Gasteiger partial charge in [-0.3, -0.25) is 4.79 Å². The van der Waals surface area contributed by atoms with E-state index in [1.165, 1.54) is 34.5 Å². The summed E-state index contributed by atoms with van der Waals surface area (Å²) in [6.07, 6.45) is 3.49. The number of nitrogens with zero attached hydrogens (tertiary/aromatic N) is 2. The highest BCUT2D eigenvalue weighted by Gasteiger charge is 2.31. The van der Waals surface area contributed by atoms with Gasteiger partial charge in [-0.25, -0.2) is 9.97 Å². The van der Waals surface area contributed by atoms with Crippen LogP contribution < -0.4 is 5.56 Å². The molecule has 0 fully saturated rings. The molecule has 4 heterocycles. The van der Waals surface area contributed by atoms with Gasteiger partial charge in [0.05, 0.1) is 11.8 Å². The molecular formula is C18H21N3OS2. The predicted molar refractivity (Wildman–Crippen MR) is 103 cm³/mol. The van der Waals surface area contributed by atoms with E-state index in [1.54, 1.807) is 0 Å². The van der Waals surface area contributed by atoms with Crippen molar-refractivity contribution in [3.63, 3.8) is 0 Å². The van der Waals surface area contributed by atoms with Crippen molar-refractivity contribution < 1.29 is 0 Å². The molecule has 0 bridgehead atoms. The van der Waals surface area contributed by atoms with Gasteiger partial charge in [-0.2, -0.15) is 11.8 Å². The highest BCUT2D eigenvalue weighted by Crippen LogP contribution is 2.44. The SMILES string of the molecule is CC(C)Cc1nc2sc3c(=O)[nH]cnc3c2c2c1CSC(C)(C)C2. The lowest BCUT2D eigenvalue weighted by atomic mass is 9.91. The number of hydrogen-bond donors (Lipinski definition) is 1. The highest BCUT2D eigenvalue weighted by atomic mass is 32.2. The number of hydrogen-bond acceptors (Lipinski definition) is 5. The van der Waals surface area contributed by atoms with Crippen molar-refractivity contribution in [1.82, 2.24) is 15.0 Å². The summed E-state index contributed by atoms with van der Waals surface area (Å²) < 4.78 is 0.895. The Kier molecular flexibility index (Phi) is 3.73. The second-order valence-corrected chi connectivity index (χ2v) is 10.2. The van der Waals surface area contributed by atoms with Crippen molar-refractivity contribution in [2.75, 3.05) is 0 Å². The average Bonchev–Trinajstić information content (AvgIpc) is 2.85. The van der Waals surface area contributed by atoms with Crippen LogP contribution in [-0.4, -0.2) is 19.7 Å². The summed E-state index contributed by atoms with van der Waals surface area (Å²) in [5, 5.41) is 1.11. The van der Waals surface area contributed by atoms with E-state index < -0.39 is 0 Å². The number of nitrogens with one attached hydrogen (secondary N) is 1. The van der Waals surface area contributed by atoms with Crippen molar-refractivity contribution in [2.45, 2.75) is 51.0 Å². The van der Waals surface area contributed by atoms with Crippen molar-refractivity contribution in [2.24, 2.45) is 5.92 Å². The Morgan fingerprint density at radius 2 is 2.12 bits per heavy atom. The van der Waals surface area contributed by atoms with Crippen LogP contribution in [-0.2, 0) is 18.6 Å². The van der Waals surface area contributed by atoms with Crippen LogP contribution in [0, 0.1) is 5.92 Å². The lowest BCUT2D eigenvalue weighted by Crippen LogP contribution is -2.25. The van der Waals surface area contributed by atoms with Crippen molar-refractivity contribution in [3.8, 4) is 0 Å². The Labute approximate surface area is 149 Å². The van der Waals surface area contributed by atoms with Crippen LogP contribution in [0.25, 0.3) is 20.4 Å². The fourth-order valence-electron chi connectivity index (χ4n) is 3.44. The molecule has 1 N–H and O–H groups in total. The van der Waals surface area contributed by atoms with Gasteiger partial charge in [-0.05, 0) is 29.9 Å². The van der Waals surface area contributed by atoms with Gasteiger partial charge in [0.25, 0.3) is 5.56 Å². The van der Waals surface area contributed by atoms with Crippen LogP contribution in [0.1, 0.15) is 44.5 Å². The van der Waals surface area contributed by atoms with Crippen molar-refractivity contribution >= 4 is 43.5 Å². The smallest absolute Gasteiger partial charge is 0.268 e. The van der Waals surface area contributed by atoms with Gasteiger partial charge in [0, 0.05) is 21.6 Å². The average molecular weight is 360 g/mol. The van der Waals surface area contributed by atoms with E-state index in [9.17, 15) is 4.79 Å². The summed E-state index contributed by atoms with van der Waals surface area (Å²) in [4.78, 5) is 25.3. The van der Waals surface area contributed by atoms with Gasteiger partial charge in [-0.1, -0.05) is 27.7 Å². The van der Waals surface area contributed by atoms with E-state index >= 15 is 0 Å². The largest absolute Gasteiger partial charge is 0.312 e. The summed E-state index contributed by atoms with van der Waals surface area (Å²) in [5.41, 5.74) is 4.71. The molecule has 0 spiro atoms. The van der Waals surface area contributed by atoms with E-state index in [4.69, 9.17) is 4.98 Å². The molecule has 1 aliphatic rings. The lowest BCUT2D eigenvalue weighted by Gasteiger charge is -2.32. The third-order valence-corrected chi connectivity index (χ3v) is 6.95. The first kappa shape index (κ1) is 16.1. The van der Waals surface area contributed by atoms with Crippen LogP contribution in [0.15, 0.2) is 11.1 Å². The second-order valence-electron chi connectivity index (χ2n) is 7.53. The predicted octanol–water partition coefficient (Wildman–Crippen LogP) is 4.30. The van der Waals surface area contributed by atoms with E-state index in [2.05, 4.69) is 37.7 Å². The minimum atomic E-state index is -0.0633. The fraction of sp³-hybridized carbons (Fsp3) is 0.500. The molecule has 0 amide bonds. The molecule has 4 nitrogen and oxygen atoms in total. The first-order valence-corrected chi connectivity index (χ1v) is 10.1. The molecule has 0 radical (unpaired) electrons. The number of fused-ring (bicyclic) bond motifs is 5. The Morgan fingerprint density at radius 1 is 1.33 bits per heavy atom. The number of pyridine rings is 1. The molecule has 0 unspecified atom stereocenters. The molecule has 24 heavy (non-hydrogen) atoms. The monoisotopic (exact) mass is 359 g/mol. The van der Waals surface area contributed by atoms with Gasteiger partial charge < -0.3 is 4.98 Å². The minimum absolute atomic E-state index is 0.0633. The molecular weight excluding hydrogens is 338 g/mol. The zero-order chi connectivity index (χ0) is 17.1. The quantitative estimate of drug-likeness (QED) is 0.741. The molecule has 0 aliphatic carbocycles. The Balaban J connectivity index is 2.10. The zero-order valence-corrected chi connectivity index (χ0v) is 16.0. The van der Waals surface area contributed by atoms with E-state index in [-0.39, 0.29) is 10.3 Å². The van der Waals surface area contributed by atoms with Crippen molar-refractivity contribution in [3.05, 3.63) is 33.5 Å². The zero-order valence-electron chi connectivity index (χ0n) is 14.4. The van der Waals surface area contributed by atoms with Crippen LogP contribution >= 0.6 is 23.1 Å². The summed E-state index contributed by atoms with van der Waals surface area (Å²) in [6, 6.07) is 0. The van der Waals surface area contributed by atoms with E-state index in [0.717, 1.165) is 34.3 Å². The maximum atomic E-state index is 12.2. The number of H-pyrrole nitrogens is 1. The summed E-state index contributed by atoms with van der Waals surface area (Å²) in [6.45, 7) is 9.05. The van der Waals surface area contributed by atoms with Gasteiger partial charge in [0.15, 0.2) is 0 Å². The molecule has 0 saturated carbocycles. The van der Waals surface area contributed by atoms with Gasteiger partial charge in [0.2, 0.25) is 0 Å². The molecule has 4 rings (SSSR count). The van der Waals surface area contributed by atoms with E-state index in [1.807, 2.05) is 11.8 Å². The molecule has 0 aromatic carbocycles. The molecule has 3 aromatic rings. The lowest BCUT2D eigenvalue weighted by molar-refractivity contribution is 0.628. The topological polar surface area (TPSA) is 58.6 Å². The van der Waals surface area contributed by atoms with Gasteiger partial charge >= 0.3 is 0 Å². The minimum Gasteiger partial charge on any atom is -0.312 e. The van der Waals surface area contributed by atoms with Crippen LogP contribution in [0.4, 0.5) is 0 Å². The number of aromatic amines is 1. The third-order valence-electron chi connectivity index (χ3n) is 4.52. The number of thioether (sulfide) groups is 1. The van der Waals surface area contributed by atoms with Crippen LogP contribution in [0.5, 0.6) is 0 Å². The van der Waals surface area contributed by atoms with Crippen LogP contribution in [0.3, 0.4) is 0 Å². The molecule has 3 aromatic heterocycles. The fourth-order valence-corrected chi connectivity index (χ4v) is 5.64.